The number of esters is 1. The number of aliphatic carboxylic acids is 1. The zero-order valence-corrected chi connectivity index (χ0v) is 43.3. The van der Waals surface area contributed by atoms with E-state index in [4.69, 9.17) is 37.9 Å². The average Bonchev–Trinajstić information content (AvgIpc) is 3.32. The van der Waals surface area contributed by atoms with Gasteiger partial charge in [0.05, 0.1) is 30.8 Å². The number of ether oxygens (including phenoxy) is 8. The van der Waals surface area contributed by atoms with E-state index in [2.05, 4.69) is 54.5 Å². The number of carboxylic acids is 1. The van der Waals surface area contributed by atoms with Crippen LogP contribution in [-0.2, 0) is 47.5 Å². The van der Waals surface area contributed by atoms with Crippen LogP contribution in [0.2, 0.25) is 0 Å². The molecule has 0 unspecified atom stereocenters. The number of carbonyl (C=O) groups excluding carboxylic acids is 1. The number of aliphatic hydroxyl groups excluding tert-OH is 10. The van der Waals surface area contributed by atoms with Crippen molar-refractivity contribution in [3.05, 3.63) is 11.6 Å². The molecule has 5 aliphatic carbocycles. The zero-order chi connectivity index (χ0) is 53.3. The smallest absolute Gasteiger partial charge is 0.335 e. The number of allylic oxidation sites excluding steroid dienone is 2. The molecule has 0 aromatic heterocycles. The molecule has 0 amide bonds. The Bertz CT molecular complexity index is 2070. The Kier molecular flexibility index (Phi) is 15.1. The summed E-state index contributed by atoms with van der Waals surface area (Å²) < 4.78 is 47.4. The first-order chi connectivity index (χ1) is 34.0. The van der Waals surface area contributed by atoms with Crippen molar-refractivity contribution in [1.82, 2.24) is 0 Å². The molecule has 0 aromatic rings. The molecule has 4 aliphatic heterocycles. The molecule has 21 nitrogen and oxygen atoms in total. The topological polar surface area (TPSA) is 331 Å². The van der Waals surface area contributed by atoms with Crippen molar-refractivity contribution in [2.75, 3.05) is 13.2 Å². The molecule has 0 bridgehead atoms. The summed E-state index contributed by atoms with van der Waals surface area (Å²) >= 11 is 0. The van der Waals surface area contributed by atoms with Gasteiger partial charge in [-0.2, -0.15) is 0 Å². The van der Waals surface area contributed by atoms with Gasteiger partial charge in [0.25, 0.3) is 0 Å². The third-order valence-corrected chi connectivity index (χ3v) is 20.6. The van der Waals surface area contributed by atoms with Gasteiger partial charge in [-0.15, -0.1) is 0 Å². The van der Waals surface area contributed by atoms with Gasteiger partial charge in [-0.1, -0.05) is 60.1 Å². The average molecular weight is 1040 g/mol. The molecule has 8 fully saturated rings. The number of aliphatic hydroxyl groups is 10. The number of rotatable bonds is 9. The minimum absolute atomic E-state index is 0.116. The third-order valence-electron chi connectivity index (χ3n) is 20.6. The first-order valence-electron chi connectivity index (χ1n) is 26.5. The Balaban J connectivity index is 0.928. The summed E-state index contributed by atoms with van der Waals surface area (Å²) in [5, 5.41) is 117. The highest BCUT2D eigenvalue weighted by Gasteiger charge is 2.70. The minimum atomic E-state index is -1.83. The van der Waals surface area contributed by atoms with Crippen molar-refractivity contribution in [2.24, 2.45) is 50.2 Å². The van der Waals surface area contributed by atoms with Crippen LogP contribution in [0.4, 0.5) is 0 Å². The van der Waals surface area contributed by atoms with Gasteiger partial charge >= 0.3 is 11.9 Å². The van der Waals surface area contributed by atoms with Crippen LogP contribution in [0.25, 0.3) is 0 Å². The molecule has 4 saturated heterocycles. The first kappa shape index (κ1) is 55.7. The van der Waals surface area contributed by atoms with Gasteiger partial charge in [0, 0.05) is 0 Å². The highest BCUT2D eigenvalue weighted by Crippen LogP contribution is 2.76. The van der Waals surface area contributed by atoms with Gasteiger partial charge in [-0.3, -0.25) is 4.79 Å². The lowest BCUT2D eigenvalue weighted by atomic mass is 9.33. The van der Waals surface area contributed by atoms with Crippen molar-refractivity contribution in [3.8, 4) is 0 Å². The Hall–Kier alpha value is -2.00. The summed E-state index contributed by atoms with van der Waals surface area (Å²) in [5.41, 5.74) is -0.965. The fourth-order valence-electron chi connectivity index (χ4n) is 15.9. The van der Waals surface area contributed by atoms with E-state index in [1.54, 1.807) is 0 Å². The van der Waals surface area contributed by atoms with E-state index < -0.39 is 146 Å². The third kappa shape index (κ3) is 9.06. The van der Waals surface area contributed by atoms with Gasteiger partial charge in [-0.25, -0.2) is 4.79 Å². The van der Waals surface area contributed by atoms with Gasteiger partial charge < -0.3 is 94.1 Å². The lowest BCUT2D eigenvalue weighted by Crippen LogP contribution is -2.66. The molecule has 0 spiro atoms. The Morgan fingerprint density at radius 1 is 0.603 bits per heavy atom. The minimum Gasteiger partial charge on any atom is -0.479 e. The molecule has 0 aromatic carbocycles. The predicted octanol–water partition coefficient (Wildman–Crippen LogP) is 0.363. The van der Waals surface area contributed by atoms with Crippen LogP contribution in [0, 0.1) is 50.2 Å². The number of carboxylic acid groups (broad SMARTS) is 1. The molecule has 26 atom stereocenters. The summed E-state index contributed by atoms with van der Waals surface area (Å²) in [6.45, 7) is 16.7. The zero-order valence-electron chi connectivity index (χ0n) is 43.3. The molecular weight excluding hydrogens is 961 g/mol. The molecule has 4 saturated carbocycles. The maximum atomic E-state index is 15.2. The van der Waals surface area contributed by atoms with Crippen LogP contribution in [0.1, 0.15) is 120 Å². The van der Waals surface area contributed by atoms with Crippen molar-refractivity contribution >= 4 is 11.9 Å². The number of hydrogen-bond acceptors (Lipinski definition) is 20. The van der Waals surface area contributed by atoms with Gasteiger partial charge in [0.1, 0.15) is 67.1 Å². The molecule has 11 N–H and O–H groups in total. The predicted molar refractivity (Wildman–Crippen MR) is 250 cm³/mol. The molecule has 9 rings (SSSR count). The normalized spacial score (nSPS) is 53.6. The summed E-state index contributed by atoms with van der Waals surface area (Å²) in [5.74, 6) is -1.79. The number of fused-ring (bicyclic) bond motifs is 7. The maximum Gasteiger partial charge on any atom is 0.335 e. The Morgan fingerprint density at radius 2 is 1.21 bits per heavy atom. The lowest BCUT2D eigenvalue weighted by Gasteiger charge is -2.71. The second kappa shape index (κ2) is 19.7. The Morgan fingerprint density at radius 3 is 1.89 bits per heavy atom. The van der Waals surface area contributed by atoms with Crippen molar-refractivity contribution in [1.29, 1.82) is 0 Å². The van der Waals surface area contributed by atoms with Crippen molar-refractivity contribution in [2.45, 2.75) is 236 Å². The standard InChI is InChI=1S/C52H82O21/c1-22-38(70-42-35(60)30(55)25(53)20-66-42)34(59)37(62)43(68-22)72-40-31(56)26(54)21-67-45(40)73-46(65)52-17-15-47(2,3)19-24(52)23-9-10-28-49(6)13-12-29(69-44-36(61)32(57)33(58)39(71-44)41(63)64)48(4,5)27(49)11-14-51(28,8)50(23,7)16-18-52/h9,22,24-40,42-45,53-62H,10-21H2,1-8H3,(H,63,64)/t22-,24-,25+,26-,27+,28-,29-,30-,31-,32-,33-,34-,35+,36+,37+,38-,39-,40+,42-,43-,44+,45-,49-,50+,51+,52-/m0/s1. The molecule has 416 valence electrons. The maximum absolute atomic E-state index is 15.2. The van der Waals surface area contributed by atoms with Crippen LogP contribution in [-0.4, -0.2) is 198 Å². The molecule has 9 aliphatic rings. The first-order valence-corrected chi connectivity index (χ1v) is 26.5. The van der Waals surface area contributed by atoms with Gasteiger partial charge in [0.15, 0.2) is 31.1 Å². The van der Waals surface area contributed by atoms with E-state index in [-0.39, 0.29) is 46.0 Å². The monoisotopic (exact) mass is 1040 g/mol. The highest BCUT2D eigenvalue weighted by molar-refractivity contribution is 5.79. The van der Waals surface area contributed by atoms with Gasteiger partial charge in [-0.05, 0) is 116 Å². The summed E-state index contributed by atoms with van der Waals surface area (Å²) in [6, 6.07) is 0. The molecule has 21 heteroatoms. The molecule has 0 radical (unpaired) electrons. The molecule has 4 heterocycles. The highest BCUT2D eigenvalue weighted by atomic mass is 16.8. The van der Waals surface area contributed by atoms with E-state index in [9.17, 15) is 61.0 Å². The quantitative estimate of drug-likeness (QED) is 0.0844. The second-order valence-electron chi connectivity index (χ2n) is 25.4. The fraction of sp³-hybridized carbons (Fsp3) is 0.923. The lowest BCUT2D eigenvalue weighted by molar-refractivity contribution is -0.368. The van der Waals surface area contributed by atoms with Crippen LogP contribution in [0.5, 0.6) is 0 Å². The summed E-state index contributed by atoms with van der Waals surface area (Å²) in [4.78, 5) is 27.1. The van der Waals surface area contributed by atoms with E-state index in [1.165, 1.54) is 12.5 Å². The largest absolute Gasteiger partial charge is 0.479 e. The van der Waals surface area contributed by atoms with Crippen molar-refractivity contribution < 1.29 is 104 Å². The molecular formula is C52H82O21. The van der Waals surface area contributed by atoms with Crippen LogP contribution in [0.15, 0.2) is 11.6 Å². The van der Waals surface area contributed by atoms with Crippen LogP contribution >= 0.6 is 0 Å². The Labute approximate surface area is 426 Å². The summed E-state index contributed by atoms with van der Waals surface area (Å²) in [6.07, 6.45) is -19.3. The van der Waals surface area contributed by atoms with Gasteiger partial charge in [0.2, 0.25) is 6.29 Å². The van der Waals surface area contributed by atoms with Crippen molar-refractivity contribution in [3.63, 3.8) is 0 Å². The van der Waals surface area contributed by atoms with Crippen LogP contribution < -0.4 is 0 Å². The summed E-state index contributed by atoms with van der Waals surface area (Å²) in [7, 11) is 0. The fourth-order valence-corrected chi connectivity index (χ4v) is 15.9. The van der Waals surface area contributed by atoms with E-state index in [0.717, 1.165) is 38.5 Å². The number of carbonyl (C=O) groups is 2. The molecule has 73 heavy (non-hydrogen) atoms. The number of hydrogen-bond donors (Lipinski definition) is 11. The van der Waals surface area contributed by atoms with Crippen LogP contribution in [0.3, 0.4) is 0 Å². The van der Waals surface area contributed by atoms with E-state index in [1.807, 2.05) is 0 Å². The second-order valence-corrected chi connectivity index (χ2v) is 25.4. The van der Waals surface area contributed by atoms with E-state index >= 15 is 4.79 Å². The SMILES string of the molecule is C[C@@H]1O[C@@H](O[C@H]2[C@H](OC(=O)[C@]34CCC(C)(C)C[C@H]3C3=CC[C@H]5[C@@]6(C)CC[C@H](O[C@@H]7O[C@H](C(=O)O)[C@@H](O)[C@H](O)[C@H]7O)C(C)(C)[C@H]6CC[C@@]5(C)[C@]3(C)CC4)OC[C@H](O)[C@@H]2O)[C@H](O)[C@H](O)[C@H]1O[C@@H]1OC[C@@H](O)[C@H](O)[C@H]1O. The van der Waals surface area contributed by atoms with E-state index in [0.29, 0.717) is 25.7 Å².